The summed E-state index contributed by atoms with van der Waals surface area (Å²) in [6, 6.07) is 2.09. The summed E-state index contributed by atoms with van der Waals surface area (Å²) < 4.78 is 0. The fourth-order valence-electron chi connectivity index (χ4n) is 1.49. The van der Waals surface area contributed by atoms with Crippen molar-refractivity contribution in [2.75, 3.05) is 5.75 Å². The van der Waals surface area contributed by atoms with E-state index in [1.54, 1.807) is 0 Å². The highest BCUT2D eigenvalue weighted by Gasteiger charge is 2.25. The van der Waals surface area contributed by atoms with Crippen molar-refractivity contribution in [2.45, 2.75) is 17.9 Å². The van der Waals surface area contributed by atoms with Gasteiger partial charge in [0.2, 0.25) is 5.91 Å². The Hall–Kier alpha value is -2.69. The average molecular weight is 329 g/mol. The Morgan fingerprint density at radius 2 is 1.86 bits per heavy atom. The minimum absolute atomic E-state index is 0.0795. The molecule has 1 aromatic rings. The van der Waals surface area contributed by atoms with Gasteiger partial charge in [0.1, 0.15) is 6.04 Å². The van der Waals surface area contributed by atoms with E-state index in [0.29, 0.717) is 0 Å². The first-order valence-corrected chi connectivity index (χ1v) is 6.76. The van der Waals surface area contributed by atoms with Crippen LogP contribution in [0.1, 0.15) is 6.92 Å². The van der Waals surface area contributed by atoms with Crippen molar-refractivity contribution < 1.29 is 24.5 Å². The predicted molar refractivity (Wildman–Crippen MR) is 75.7 cm³/mol. The predicted octanol–water partition coefficient (Wildman–Crippen LogP) is 1.18. The van der Waals surface area contributed by atoms with E-state index in [1.165, 1.54) is 6.07 Å². The van der Waals surface area contributed by atoms with Crippen LogP contribution in [0.5, 0.6) is 0 Å². The van der Waals surface area contributed by atoms with Crippen molar-refractivity contribution in [3.63, 3.8) is 0 Å². The van der Waals surface area contributed by atoms with Crippen LogP contribution >= 0.6 is 11.8 Å². The Bertz CT molecular complexity index is 634. The third kappa shape index (κ3) is 4.70. The molecule has 0 aliphatic heterocycles. The van der Waals surface area contributed by atoms with E-state index in [-0.39, 0.29) is 10.6 Å². The number of hydrogen-bond acceptors (Lipinski definition) is 7. The molecular weight excluding hydrogens is 318 g/mol. The highest BCUT2D eigenvalue weighted by atomic mass is 32.2. The third-order valence-electron chi connectivity index (χ3n) is 2.43. The van der Waals surface area contributed by atoms with Crippen LogP contribution in [-0.2, 0) is 9.59 Å². The van der Waals surface area contributed by atoms with Crippen molar-refractivity contribution in [3.8, 4) is 0 Å². The standard InChI is InChI=1S/C11H11N3O7S/c1-6(15)12-8(11(16)17)5-22-7-2-3-9(13(18)19)10(4-7)14(20)21/h2-4,8H,5H2,1H3,(H,12,15)(H,16,17)/t8-/m0/s1. The highest BCUT2D eigenvalue weighted by molar-refractivity contribution is 7.99. The second kappa shape index (κ2) is 7.36. The fourth-order valence-corrected chi connectivity index (χ4v) is 2.44. The van der Waals surface area contributed by atoms with E-state index in [4.69, 9.17) is 5.11 Å². The Kier molecular flexibility index (Phi) is 5.81. The summed E-state index contributed by atoms with van der Waals surface area (Å²) in [6.45, 7) is 1.16. The minimum Gasteiger partial charge on any atom is -0.480 e. The molecule has 0 heterocycles. The number of carboxylic acid groups (broad SMARTS) is 1. The van der Waals surface area contributed by atoms with Crippen LogP contribution in [0.25, 0.3) is 0 Å². The van der Waals surface area contributed by atoms with Gasteiger partial charge in [-0.1, -0.05) is 0 Å². The first-order chi connectivity index (χ1) is 10.2. The van der Waals surface area contributed by atoms with Gasteiger partial charge >= 0.3 is 17.3 Å². The lowest BCUT2D eigenvalue weighted by Gasteiger charge is -2.12. The van der Waals surface area contributed by atoms with Crippen LogP contribution in [0.15, 0.2) is 23.1 Å². The van der Waals surface area contributed by atoms with Gasteiger partial charge in [-0.3, -0.25) is 25.0 Å². The van der Waals surface area contributed by atoms with Crippen molar-refractivity contribution in [1.29, 1.82) is 0 Å². The van der Waals surface area contributed by atoms with Crippen molar-refractivity contribution in [2.24, 2.45) is 0 Å². The number of nitrogens with zero attached hydrogens (tertiary/aromatic N) is 2. The zero-order valence-electron chi connectivity index (χ0n) is 11.2. The van der Waals surface area contributed by atoms with E-state index >= 15 is 0 Å². The van der Waals surface area contributed by atoms with E-state index in [0.717, 1.165) is 30.8 Å². The monoisotopic (exact) mass is 329 g/mol. The average Bonchev–Trinajstić information content (AvgIpc) is 2.42. The zero-order chi connectivity index (χ0) is 16.9. The number of carboxylic acids is 1. The maximum Gasteiger partial charge on any atom is 0.347 e. The minimum atomic E-state index is -1.25. The number of carbonyl (C=O) groups is 2. The summed E-state index contributed by atoms with van der Waals surface area (Å²) in [5.41, 5.74) is -1.33. The molecule has 11 heteroatoms. The van der Waals surface area contributed by atoms with Crippen molar-refractivity contribution in [3.05, 3.63) is 38.4 Å². The number of carbonyl (C=O) groups excluding carboxylic acids is 1. The van der Waals surface area contributed by atoms with Crippen LogP contribution in [-0.4, -0.2) is 38.6 Å². The molecular formula is C11H11N3O7S. The number of aliphatic carboxylic acids is 1. The number of benzene rings is 1. The maximum atomic E-state index is 10.9. The Morgan fingerprint density at radius 1 is 1.27 bits per heavy atom. The molecule has 0 aromatic heterocycles. The fraction of sp³-hybridized carbons (Fsp3) is 0.273. The second-order valence-electron chi connectivity index (χ2n) is 4.07. The first kappa shape index (κ1) is 17.4. The number of nitrogens with one attached hydrogen (secondary N) is 1. The Morgan fingerprint density at radius 3 is 2.32 bits per heavy atom. The van der Waals surface area contributed by atoms with E-state index in [1.807, 2.05) is 0 Å². The van der Waals surface area contributed by atoms with Gasteiger partial charge in [0.15, 0.2) is 0 Å². The topological polar surface area (TPSA) is 153 Å². The molecule has 22 heavy (non-hydrogen) atoms. The largest absolute Gasteiger partial charge is 0.480 e. The summed E-state index contributed by atoms with van der Waals surface area (Å²) in [5, 5.41) is 32.6. The zero-order valence-corrected chi connectivity index (χ0v) is 12.0. The maximum absolute atomic E-state index is 10.9. The van der Waals surface area contributed by atoms with Crippen LogP contribution in [0, 0.1) is 20.2 Å². The molecule has 1 aromatic carbocycles. The third-order valence-corrected chi connectivity index (χ3v) is 3.52. The molecule has 1 rings (SSSR count). The number of amides is 1. The lowest BCUT2D eigenvalue weighted by molar-refractivity contribution is -0.422. The molecule has 0 unspecified atom stereocenters. The normalized spacial score (nSPS) is 11.5. The summed E-state index contributed by atoms with van der Waals surface area (Å²) in [5.74, 6) is -1.86. The quantitative estimate of drug-likeness (QED) is 0.429. The summed E-state index contributed by atoms with van der Waals surface area (Å²) in [6.07, 6.45) is 0. The number of thioether (sulfide) groups is 1. The molecule has 10 nitrogen and oxygen atoms in total. The van der Waals surface area contributed by atoms with Gasteiger partial charge in [-0.05, 0) is 6.07 Å². The molecule has 0 fully saturated rings. The molecule has 1 amide bonds. The van der Waals surface area contributed by atoms with Crippen LogP contribution in [0.4, 0.5) is 11.4 Å². The molecule has 0 saturated heterocycles. The van der Waals surface area contributed by atoms with Gasteiger partial charge in [-0.2, -0.15) is 0 Å². The summed E-state index contributed by atoms with van der Waals surface area (Å²) >= 11 is 0.928. The molecule has 0 bridgehead atoms. The molecule has 0 aliphatic rings. The smallest absolute Gasteiger partial charge is 0.347 e. The lowest BCUT2D eigenvalue weighted by Crippen LogP contribution is -2.41. The van der Waals surface area contributed by atoms with Crippen LogP contribution in [0.2, 0.25) is 0 Å². The first-order valence-electron chi connectivity index (χ1n) is 5.78. The van der Waals surface area contributed by atoms with Gasteiger partial charge in [0.25, 0.3) is 0 Å². The number of rotatable bonds is 7. The highest BCUT2D eigenvalue weighted by Crippen LogP contribution is 2.31. The second-order valence-corrected chi connectivity index (χ2v) is 5.16. The van der Waals surface area contributed by atoms with E-state index in [9.17, 15) is 29.8 Å². The summed E-state index contributed by atoms with van der Waals surface area (Å²) in [4.78, 5) is 41.9. The molecule has 0 spiro atoms. The van der Waals surface area contributed by atoms with Crippen LogP contribution in [0.3, 0.4) is 0 Å². The van der Waals surface area contributed by atoms with Gasteiger partial charge < -0.3 is 10.4 Å². The van der Waals surface area contributed by atoms with Gasteiger partial charge in [-0.25, -0.2) is 4.79 Å². The Balaban J connectivity index is 2.92. The number of nitro benzene ring substituents is 2. The summed E-state index contributed by atoms with van der Waals surface area (Å²) in [7, 11) is 0. The molecule has 1 atom stereocenters. The number of hydrogen-bond donors (Lipinski definition) is 2. The van der Waals surface area contributed by atoms with Gasteiger partial charge in [-0.15, -0.1) is 11.8 Å². The number of nitro groups is 2. The van der Waals surface area contributed by atoms with Crippen molar-refractivity contribution in [1.82, 2.24) is 5.32 Å². The van der Waals surface area contributed by atoms with E-state index < -0.39 is 39.1 Å². The molecule has 2 N–H and O–H groups in total. The Labute approximate surface area is 127 Å². The van der Waals surface area contributed by atoms with Gasteiger partial charge in [0.05, 0.1) is 9.85 Å². The molecule has 0 radical (unpaired) electrons. The van der Waals surface area contributed by atoms with Crippen molar-refractivity contribution >= 4 is 35.0 Å². The SMILES string of the molecule is CC(=O)N[C@@H](CSc1ccc([N+](=O)[O-])c([N+](=O)[O-])c1)C(=O)O. The van der Waals surface area contributed by atoms with Gasteiger partial charge in [0, 0.05) is 29.7 Å². The molecule has 0 saturated carbocycles. The molecule has 118 valence electrons. The van der Waals surface area contributed by atoms with Crippen LogP contribution < -0.4 is 5.32 Å². The lowest BCUT2D eigenvalue weighted by atomic mass is 10.3. The molecule has 0 aliphatic carbocycles. The van der Waals surface area contributed by atoms with E-state index in [2.05, 4.69) is 5.32 Å².